The van der Waals surface area contributed by atoms with Gasteiger partial charge in [0.25, 0.3) is 0 Å². The standard InChI is InChI=1S/C24H12O3/c25-23-21-18-12-6-5-11-17(18)19-15-9-3-1-7-13(15)14-8-2-4-10-16(14)20(19)22(21)24(26)27-23/h1-12H. The van der Waals surface area contributed by atoms with E-state index >= 15 is 0 Å². The summed E-state index contributed by atoms with van der Waals surface area (Å²) < 4.78 is 5.03. The van der Waals surface area contributed by atoms with Crippen LogP contribution < -0.4 is 0 Å². The fraction of sp³-hybridized carbons (Fsp3) is 0. The second-order valence-electron chi connectivity index (χ2n) is 6.81. The maximum Gasteiger partial charge on any atom is 0.347 e. The number of rotatable bonds is 0. The Bertz CT molecular complexity index is 1470. The maximum absolute atomic E-state index is 12.7. The van der Waals surface area contributed by atoms with E-state index in [-0.39, 0.29) is 0 Å². The molecule has 1 aliphatic heterocycles. The molecule has 0 N–H and O–H groups in total. The molecule has 3 heteroatoms. The summed E-state index contributed by atoms with van der Waals surface area (Å²) in [6.07, 6.45) is 0. The minimum atomic E-state index is -0.565. The van der Waals surface area contributed by atoms with Gasteiger partial charge in [-0.2, -0.15) is 0 Å². The Hall–Kier alpha value is -3.72. The summed E-state index contributed by atoms with van der Waals surface area (Å²) in [4.78, 5) is 25.2. The molecule has 27 heavy (non-hydrogen) atoms. The van der Waals surface area contributed by atoms with Crippen molar-refractivity contribution >= 4 is 55.0 Å². The average molecular weight is 348 g/mol. The zero-order valence-corrected chi connectivity index (χ0v) is 14.2. The average Bonchev–Trinajstić information content (AvgIpc) is 3.02. The van der Waals surface area contributed by atoms with Crippen LogP contribution >= 0.6 is 0 Å². The quantitative estimate of drug-likeness (QED) is 0.207. The summed E-state index contributed by atoms with van der Waals surface area (Å²) in [6, 6.07) is 24.0. The zero-order chi connectivity index (χ0) is 18.1. The van der Waals surface area contributed by atoms with Gasteiger partial charge in [-0.1, -0.05) is 72.8 Å². The summed E-state index contributed by atoms with van der Waals surface area (Å²) in [7, 11) is 0. The largest absolute Gasteiger partial charge is 0.386 e. The van der Waals surface area contributed by atoms with E-state index < -0.39 is 11.9 Å². The van der Waals surface area contributed by atoms with Gasteiger partial charge in [0.1, 0.15) is 0 Å². The Labute approximate surface area is 153 Å². The van der Waals surface area contributed by atoms with Crippen molar-refractivity contribution in [3.05, 3.63) is 83.9 Å². The van der Waals surface area contributed by atoms with E-state index in [9.17, 15) is 9.59 Å². The van der Waals surface area contributed by atoms with Gasteiger partial charge in [-0.15, -0.1) is 0 Å². The molecule has 0 amide bonds. The number of hydrogen-bond donors (Lipinski definition) is 0. The van der Waals surface area contributed by atoms with Gasteiger partial charge < -0.3 is 4.74 Å². The van der Waals surface area contributed by atoms with Gasteiger partial charge in [-0.25, -0.2) is 9.59 Å². The fourth-order valence-electron chi connectivity index (χ4n) is 4.46. The molecule has 0 unspecified atom stereocenters. The lowest BCUT2D eigenvalue weighted by molar-refractivity contribution is 0.0445. The second kappa shape index (κ2) is 4.92. The summed E-state index contributed by atoms with van der Waals surface area (Å²) in [5.41, 5.74) is 0.763. The Morgan fingerprint density at radius 3 is 1.44 bits per heavy atom. The van der Waals surface area contributed by atoms with Crippen molar-refractivity contribution in [3.8, 4) is 0 Å². The third-order valence-electron chi connectivity index (χ3n) is 5.49. The number of carbonyl (C=O) groups excluding carboxylic acids is 2. The smallest absolute Gasteiger partial charge is 0.347 e. The first kappa shape index (κ1) is 14.4. The first-order valence-electron chi connectivity index (χ1n) is 8.80. The van der Waals surface area contributed by atoms with Crippen LogP contribution in [0.25, 0.3) is 43.1 Å². The molecule has 3 nitrogen and oxygen atoms in total. The summed E-state index contributed by atoms with van der Waals surface area (Å²) >= 11 is 0. The van der Waals surface area contributed by atoms with E-state index in [1.54, 1.807) is 0 Å². The molecule has 0 aromatic heterocycles. The lowest BCUT2D eigenvalue weighted by atomic mass is 9.86. The van der Waals surface area contributed by atoms with Crippen LogP contribution in [0.3, 0.4) is 0 Å². The molecule has 1 aliphatic rings. The van der Waals surface area contributed by atoms with Crippen LogP contribution in [0.1, 0.15) is 20.7 Å². The van der Waals surface area contributed by atoms with Crippen LogP contribution in [0.4, 0.5) is 0 Å². The van der Waals surface area contributed by atoms with Crippen molar-refractivity contribution in [2.45, 2.75) is 0 Å². The minimum Gasteiger partial charge on any atom is -0.386 e. The molecule has 0 radical (unpaired) electrons. The number of hydrogen-bond acceptors (Lipinski definition) is 3. The molecule has 5 aromatic rings. The summed E-state index contributed by atoms with van der Waals surface area (Å²) in [5.74, 6) is -1.13. The van der Waals surface area contributed by atoms with E-state index in [1.165, 1.54) is 0 Å². The first-order chi connectivity index (χ1) is 13.3. The van der Waals surface area contributed by atoms with Crippen LogP contribution in [0.15, 0.2) is 72.8 Å². The third-order valence-corrected chi connectivity index (χ3v) is 5.49. The summed E-state index contributed by atoms with van der Waals surface area (Å²) in [5, 5.41) is 7.72. The number of benzene rings is 5. The van der Waals surface area contributed by atoms with E-state index in [2.05, 4.69) is 18.2 Å². The van der Waals surface area contributed by atoms with E-state index in [0.717, 1.165) is 43.1 Å². The lowest BCUT2D eigenvalue weighted by Crippen LogP contribution is -1.98. The van der Waals surface area contributed by atoms with Crippen LogP contribution in [0.2, 0.25) is 0 Å². The topological polar surface area (TPSA) is 43.4 Å². The highest BCUT2D eigenvalue weighted by Gasteiger charge is 2.35. The van der Waals surface area contributed by atoms with Crippen LogP contribution in [0, 0.1) is 0 Å². The molecule has 0 aliphatic carbocycles. The fourth-order valence-corrected chi connectivity index (χ4v) is 4.46. The highest BCUT2D eigenvalue weighted by molar-refractivity contribution is 6.39. The molecular weight excluding hydrogens is 336 g/mol. The van der Waals surface area contributed by atoms with Crippen molar-refractivity contribution in [3.63, 3.8) is 0 Å². The molecule has 0 bridgehead atoms. The SMILES string of the molecule is O=C1OC(=O)c2c1c1ccccc1c1c3ccccc3c3ccccc3c21. The Morgan fingerprint density at radius 2 is 0.852 bits per heavy atom. The second-order valence-corrected chi connectivity index (χ2v) is 6.81. The third kappa shape index (κ3) is 1.71. The molecule has 1 heterocycles. The Morgan fingerprint density at radius 1 is 0.444 bits per heavy atom. The molecule has 0 saturated carbocycles. The van der Waals surface area contributed by atoms with Gasteiger partial charge >= 0.3 is 11.9 Å². The monoisotopic (exact) mass is 348 g/mol. The van der Waals surface area contributed by atoms with Gasteiger partial charge in [-0.05, 0) is 37.7 Å². The van der Waals surface area contributed by atoms with Crippen molar-refractivity contribution in [2.24, 2.45) is 0 Å². The number of fused-ring (bicyclic) bond motifs is 11. The molecule has 0 spiro atoms. The van der Waals surface area contributed by atoms with E-state index in [4.69, 9.17) is 4.74 Å². The number of ether oxygens (including phenoxy) is 1. The molecule has 0 atom stereocenters. The Balaban J connectivity index is 2.10. The van der Waals surface area contributed by atoms with Gasteiger partial charge in [0.15, 0.2) is 0 Å². The molecular formula is C24H12O3. The highest BCUT2D eigenvalue weighted by Crippen LogP contribution is 2.44. The number of carbonyl (C=O) groups is 2. The molecule has 0 saturated heterocycles. The lowest BCUT2D eigenvalue weighted by Gasteiger charge is -2.15. The molecule has 126 valence electrons. The van der Waals surface area contributed by atoms with E-state index in [0.29, 0.717) is 11.1 Å². The van der Waals surface area contributed by atoms with E-state index in [1.807, 2.05) is 54.6 Å². The predicted octanol–water partition coefficient (Wildman–Crippen LogP) is 5.61. The van der Waals surface area contributed by atoms with Gasteiger partial charge in [0, 0.05) is 5.39 Å². The summed E-state index contributed by atoms with van der Waals surface area (Å²) in [6.45, 7) is 0. The number of cyclic esters (lactones) is 2. The van der Waals surface area contributed by atoms with Crippen molar-refractivity contribution in [1.82, 2.24) is 0 Å². The van der Waals surface area contributed by atoms with Crippen molar-refractivity contribution in [2.75, 3.05) is 0 Å². The van der Waals surface area contributed by atoms with Crippen molar-refractivity contribution in [1.29, 1.82) is 0 Å². The normalized spacial score (nSPS) is 13.6. The highest BCUT2D eigenvalue weighted by atomic mass is 16.6. The van der Waals surface area contributed by atoms with Crippen LogP contribution in [-0.2, 0) is 4.74 Å². The molecule has 5 aromatic carbocycles. The number of esters is 2. The molecule has 0 fully saturated rings. The van der Waals surface area contributed by atoms with Crippen molar-refractivity contribution < 1.29 is 14.3 Å². The zero-order valence-electron chi connectivity index (χ0n) is 14.2. The Kier molecular flexibility index (Phi) is 2.63. The van der Waals surface area contributed by atoms with Gasteiger partial charge in [-0.3, -0.25) is 0 Å². The predicted molar refractivity (Wildman–Crippen MR) is 106 cm³/mol. The van der Waals surface area contributed by atoms with Gasteiger partial charge in [0.2, 0.25) is 0 Å². The first-order valence-corrected chi connectivity index (χ1v) is 8.80. The van der Waals surface area contributed by atoms with Gasteiger partial charge in [0.05, 0.1) is 11.1 Å². The van der Waals surface area contributed by atoms with Crippen LogP contribution in [0.5, 0.6) is 0 Å². The molecule has 6 rings (SSSR count). The minimum absolute atomic E-state index is 0.378. The maximum atomic E-state index is 12.7. The van der Waals surface area contributed by atoms with Crippen LogP contribution in [-0.4, -0.2) is 11.9 Å².